The van der Waals surface area contributed by atoms with Crippen molar-refractivity contribution in [2.24, 2.45) is 5.92 Å². The number of rotatable bonds is 5. The van der Waals surface area contributed by atoms with Crippen molar-refractivity contribution in [2.75, 3.05) is 17.1 Å². The summed E-state index contributed by atoms with van der Waals surface area (Å²) in [6, 6.07) is 16.3. The number of ether oxygens (including phenoxy) is 1. The van der Waals surface area contributed by atoms with Crippen molar-refractivity contribution < 1.29 is 29.2 Å². The number of benzene rings is 3. The topological polar surface area (TPSA) is 122 Å². The molecule has 1 N–H and O–H groups in total. The number of anilines is 2. The van der Waals surface area contributed by atoms with Crippen molar-refractivity contribution in [1.29, 1.82) is 0 Å². The molecule has 3 aromatic carbocycles. The lowest BCUT2D eigenvalue weighted by Crippen LogP contribution is -2.37. The molecular weight excluding hydrogens is 522 g/mol. The summed E-state index contributed by atoms with van der Waals surface area (Å²) in [4.78, 5) is 44.7. The Labute approximate surface area is 207 Å². The van der Waals surface area contributed by atoms with Crippen LogP contribution in [0.3, 0.4) is 0 Å². The van der Waals surface area contributed by atoms with Crippen molar-refractivity contribution >= 4 is 44.8 Å². The van der Waals surface area contributed by atoms with Crippen LogP contribution in [0.2, 0.25) is 0 Å². The van der Waals surface area contributed by atoms with E-state index >= 15 is 0 Å². The standard InChI is InChI=1S/C24H18BrN3O7/c1-34-19-12-13(2-11-18(19)29)21-20-22(35-27(21)16-7-9-17(10-8-16)28(32)33)24(31)26(23(20)30)15-5-3-14(25)4-6-15/h2-12,20-22,29H,1H3/t20-,21+,22+/m1/s1. The van der Waals surface area contributed by atoms with Gasteiger partial charge in [0.25, 0.3) is 11.6 Å². The zero-order valence-corrected chi connectivity index (χ0v) is 19.8. The molecule has 11 heteroatoms. The third kappa shape index (κ3) is 3.78. The van der Waals surface area contributed by atoms with E-state index in [0.29, 0.717) is 16.9 Å². The number of halogens is 1. The summed E-state index contributed by atoms with van der Waals surface area (Å²) in [7, 11) is 1.40. The predicted molar refractivity (Wildman–Crippen MR) is 128 cm³/mol. The molecule has 0 spiro atoms. The molecule has 3 aromatic rings. The van der Waals surface area contributed by atoms with Crippen LogP contribution in [0.1, 0.15) is 11.6 Å². The van der Waals surface area contributed by atoms with Crippen molar-refractivity contribution in [3.05, 3.63) is 86.9 Å². The molecule has 178 valence electrons. The monoisotopic (exact) mass is 539 g/mol. The summed E-state index contributed by atoms with van der Waals surface area (Å²) in [5.41, 5.74) is 1.30. The SMILES string of the molecule is COc1cc([C@H]2[C@H]3C(=O)N(c4ccc(Br)cc4)C(=O)[C@H]3ON2c2ccc([N+](=O)[O-])cc2)ccc1O. The number of phenols is 1. The van der Waals surface area contributed by atoms with E-state index in [2.05, 4.69) is 15.9 Å². The molecule has 2 heterocycles. The van der Waals surface area contributed by atoms with Crippen LogP contribution in [0.25, 0.3) is 0 Å². The molecular formula is C24H18BrN3O7. The molecule has 0 bridgehead atoms. The third-order valence-electron chi connectivity index (χ3n) is 6.06. The molecule has 3 atom stereocenters. The Bertz CT molecular complexity index is 1330. The van der Waals surface area contributed by atoms with Gasteiger partial charge in [-0.05, 0) is 54.1 Å². The van der Waals surface area contributed by atoms with Gasteiger partial charge in [0.15, 0.2) is 17.6 Å². The van der Waals surface area contributed by atoms with Crippen molar-refractivity contribution in [3.63, 3.8) is 0 Å². The second-order valence-electron chi connectivity index (χ2n) is 8.02. The van der Waals surface area contributed by atoms with E-state index in [1.54, 1.807) is 36.4 Å². The summed E-state index contributed by atoms with van der Waals surface area (Å²) in [5, 5.41) is 22.6. The first kappa shape index (κ1) is 22.8. The number of amides is 2. The number of carbonyl (C=O) groups is 2. The van der Waals surface area contributed by atoms with Gasteiger partial charge in [-0.2, -0.15) is 0 Å². The molecule has 0 unspecified atom stereocenters. The summed E-state index contributed by atoms with van der Waals surface area (Å²) < 4.78 is 6.04. The number of fused-ring (bicyclic) bond motifs is 1. The van der Waals surface area contributed by atoms with Crippen molar-refractivity contribution in [1.82, 2.24) is 0 Å². The molecule has 0 radical (unpaired) electrons. The van der Waals surface area contributed by atoms with Gasteiger partial charge >= 0.3 is 0 Å². The zero-order chi connectivity index (χ0) is 24.9. The number of non-ortho nitro benzene ring substituents is 1. The lowest BCUT2D eigenvalue weighted by atomic mass is 9.90. The van der Waals surface area contributed by atoms with Crippen LogP contribution in [0.4, 0.5) is 17.1 Å². The molecule has 5 rings (SSSR count). The molecule has 2 fully saturated rings. The van der Waals surface area contributed by atoms with Gasteiger partial charge < -0.3 is 9.84 Å². The summed E-state index contributed by atoms with van der Waals surface area (Å²) >= 11 is 3.35. The molecule has 0 saturated carbocycles. The number of nitro groups is 1. The molecule has 2 saturated heterocycles. The van der Waals surface area contributed by atoms with Gasteiger partial charge in [-0.1, -0.05) is 22.0 Å². The quantitative estimate of drug-likeness (QED) is 0.291. The lowest BCUT2D eigenvalue weighted by Gasteiger charge is -2.29. The summed E-state index contributed by atoms with van der Waals surface area (Å²) in [5.74, 6) is -1.75. The maximum Gasteiger partial charge on any atom is 0.269 e. The fourth-order valence-electron chi connectivity index (χ4n) is 4.42. The Morgan fingerprint density at radius 1 is 1.00 bits per heavy atom. The Morgan fingerprint density at radius 2 is 1.66 bits per heavy atom. The first-order valence-corrected chi connectivity index (χ1v) is 11.3. The van der Waals surface area contributed by atoms with Gasteiger partial charge in [-0.15, -0.1) is 0 Å². The number of carbonyl (C=O) groups excluding carboxylic acids is 2. The maximum atomic E-state index is 13.6. The number of methoxy groups -OCH3 is 1. The number of hydrogen-bond donors (Lipinski definition) is 1. The molecule has 0 aliphatic carbocycles. The van der Waals surface area contributed by atoms with Crippen LogP contribution in [-0.4, -0.2) is 35.1 Å². The van der Waals surface area contributed by atoms with Gasteiger partial charge in [0.05, 0.1) is 29.4 Å². The minimum absolute atomic E-state index is 0.0843. The number of nitrogens with zero attached hydrogens (tertiary/aromatic N) is 3. The highest BCUT2D eigenvalue weighted by molar-refractivity contribution is 9.10. The Kier molecular flexibility index (Phi) is 5.65. The largest absolute Gasteiger partial charge is 0.504 e. The van der Waals surface area contributed by atoms with Crippen LogP contribution in [0, 0.1) is 16.0 Å². The van der Waals surface area contributed by atoms with Crippen LogP contribution < -0.4 is 14.7 Å². The average Bonchev–Trinajstić information content (AvgIpc) is 3.36. The van der Waals surface area contributed by atoms with Crippen molar-refractivity contribution in [2.45, 2.75) is 12.1 Å². The number of nitro benzene ring substituents is 1. The summed E-state index contributed by atoms with van der Waals surface area (Å²) in [6.45, 7) is 0. The number of hydrogen-bond acceptors (Lipinski definition) is 8. The van der Waals surface area contributed by atoms with E-state index in [1.807, 2.05) is 0 Å². The second-order valence-corrected chi connectivity index (χ2v) is 8.93. The van der Waals surface area contributed by atoms with Crippen LogP contribution >= 0.6 is 15.9 Å². The molecule has 10 nitrogen and oxygen atoms in total. The maximum absolute atomic E-state index is 13.6. The highest BCUT2D eigenvalue weighted by atomic mass is 79.9. The Hall–Kier alpha value is -3.96. The smallest absolute Gasteiger partial charge is 0.269 e. The molecule has 2 aliphatic heterocycles. The average molecular weight is 540 g/mol. The van der Waals surface area contributed by atoms with Gasteiger partial charge in [0.2, 0.25) is 5.91 Å². The molecule has 35 heavy (non-hydrogen) atoms. The number of phenolic OH excluding ortho intramolecular Hbond substituents is 1. The fourth-order valence-corrected chi connectivity index (χ4v) is 4.69. The first-order valence-electron chi connectivity index (χ1n) is 10.5. The lowest BCUT2D eigenvalue weighted by molar-refractivity contribution is -0.384. The van der Waals surface area contributed by atoms with E-state index in [-0.39, 0.29) is 17.2 Å². The minimum atomic E-state index is -1.11. The normalized spacial score (nSPS) is 21.4. The molecule has 2 amide bonds. The van der Waals surface area contributed by atoms with E-state index < -0.39 is 34.8 Å². The van der Waals surface area contributed by atoms with Crippen LogP contribution in [0.15, 0.2) is 71.2 Å². The third-order valence-corrected chi connectivity index (χ3v) is 6.59. The fraction of sp³-hybridized carbons (Fsp3) is 0.167. The van der Waals surface area contributed by atoms with Gasteiger partial charge in [-0.3, -0.25) is 24.5 Å². The van der Waals surface area contributed by atoms with E-state index in [0.717, 1.165) is 9.37 Å². The highest BCUT2D eigenvalue weighted by Crippen LogP contribution is 2.48. The predicted octanol–water partition coefficient (Wildman–Crippen LogP) is 4.12. The van der Waals surface area contributed by atoms with Crippen molar-refractivity contribution in [3.8, 4) is 11.5 Å². The number of hydroxylamine groups is 1. The van der Waals surface area contributed by atoms with Gasteiger partial charge in [0, 0.05) is 16.6 Å². The molecule has 2 aliphatic rings. The van der Waals surface area contributed by atoms with E-state index in [1.165, 1.54) is 42.5 Å². The highest BCUT2D eigenvalue weighted by Gasteiger charge is 2.60. The minimum Gasteiger partial charge on any atom is -0.504 e. The summed E-state index contributed by atoms with van der Waals surface area (Å²) in [6.07, 6.45) is -1.11. The van der Waals surface area contributed by atoms with E-state index in [4.69, 9.17) is 9.57 Å². The first-order chi connectivity index (χ1) is 16.8. The Morgan fingerprint density at radius 3 is 2.29 bits per heavy atom. The van der Waals surface area contributed by atoms with Crippen LogP contribution in [0.5, 0.6) is 11.5 Å². The second kappa shape index (κ2) is 8.67. The Balaban J connectivity index is 1.59. The van der Waals surface area contributed by atoms with Gasteiger partial charge in [-0.25, -0.2) is 9.96 Å². The number of aromatic hydroxyl groups is 1. The molecule has 0 aromatic heterocycles. The van der Waals surface area contributed by atoms with Gasteiger partial charge in [0.1, 0.15) is 5.92 Å². The zero-order valence-electron chi connectivity index (χ0n) is 18.2. The number of imide groups is 1. The van der Waals surface area contributed by atoms with Crippen LogP contribution in [-0.2, 0) is 14.4 Å². The van der Waals surface area contributed by atoms with E-state index in [9.17, 15) is 24.8 Å².